The lowest BCUT2D eigenvalue weighted by Crippen LogP contribution is -2.48. The van der Waals surface area contributed by atoms with E-state index in [9.17, 15) is 5.11 Å². The monoisotopic (exact) mass is 456 g/mol. The van der Waals surface area contributed by atoms with E-state index in [0.29, 0.717) is 6.04 Å². The van der Waals surface area contributed by atoms with Gasteiger partial charge in [-0.05, 0) is 52.9 Å². The number of hydrogen-bond donors (Lipinski definition) is 1. The highest BCUT2D eigenvalue weighted by atomic mass is 32.1. The molecule has 33 heavy (non-hydrogen) atoms. The molecule has 0 aliphatic carbocycles. The maximum atomic E-state index is 10.8. The van der Waals surface area contributed by atoms with Gasteiger partial charge < -0.3 is 10.0 Å². The lowest BCUT2D eigenvalue weighted by Gasteiger charge is -2.40. The molecule has 1 unspecified atom stereocenters. The Morgan fingerprint density at radius 1 is 0.758 bits per heavy atom. The number of benzene rings is 3. The van der Waals surface area contributed by atoms with Gasteiger partial charge in [0.15, 0.2) is 0 Å². The van der Waals surface area contributed by atoms with E-state index in [2.05, 4.69) is 100 Å². The molecule has 3 nitrogen and oxygen atoms in total. The molecule has 1 fully saturated rings. The van der Waals surface area contributed by atoms with Crippen LogP contribution in [-0.2, 0) is 0 Å². The number of nitrogens with zero attached hydrogens (tertiary/aromatic N) is 2. The fourth-order valence-electron chi connectivity index (χ4n) is 5.05. The Morgan fingerprint density at radius 2 is 1.36 bits per heavy atom. The first kappa shape index (κ1) is 22.3. The lowest BCUT2D eigenvalue weighted by molar-refractivity contribution is 0.101. The summed E-state index contributed by atoms with van der Waals surface area (Å²) in [4.78, 5) is 5.18. The summed E-state index contributed by atoms with van der Waals surface area (Å²) in [5, 5.41) is 14.1. The van der Waals surface area contributed by atoms with Crippen LogP contribution in [0.15, 0.2) is 90.3 Å². The van der Waals surface area contributed by atoms with Crippen LogP contribution in [0.5, 0.6) is 0 Å². The van der Waals surface area contributed by atoms with Crippen molar-refractivity contribution in [1.82, 2.24) is 9.80 Å². The first-order valence-corrected chi connectivity index (χ1v) is 12.9. The highest BCUT2D eigenvalue weighted by Crippen LogP contribution is 2.32. The second kappa shape index (κ2) is 10.6. The third-order valence-electron chi connectivity index (χ3n) is 6.82. The van der Waals surface area contributed by atoms with Gasteiger partial charge in [0.2, 0.25) is 0 Å². The van der Waals surface area contributed by atoms with Gasteiger partial charge in [-0.25, -0.2) is 0 Å². The van der Waals surface area contributed by atoms with Crippen LogP contribution in [-0.4, -0.2) is 47.6 Å². The first-order valence-electron chi connectivity index (χ1n) is 12.0. The molecule has 1 aromatic heterocycles. The van der Waals surface area contributed by atoms with Crippen LogP contribution in [0.1, 0.15) is 41.7 Å². The zero-order valence-electron chi connectivity index (χ0n) is 19.0. The summed E-state index contributed by atoms with van der Waals surface area (Å²) in [5.41, 5.74) is 3.82. The highest BCUT2D eigenvalue weighted by Gasteiger charge is 2.26. The fraction of sp³-hybridized carbons (Fsp3) is 0.310. The van der Waals surface area contributed by atoms with Gasteiger partial charge in [0, 0.05) is 30.9 Å². The number of fused-ring (bicyclic) bond motifs is 1. The Labute approximate surface area is 200 Å². The SMILES string of the molecule is OC(CCCN1CCN(C(c2ccccc2)c2ccccc2)CC1)c1csc2ccccc12. The molecular formula is C29H32N2OS. The lowest BCUT2D eigenvalue weighted by atomic mass is 9.96. The molecule has 1 aliphatic heterocycles. The molecule has 1 aliphatic rings. The molecule has 3 aromatic carbocycles. The van der Waals surface area contributed by atoms with E-state index in [4.69, 9.17) is 0 Å². The van der Waals surface area contributed by atoms with Gasteiger partial charge in [-0.2, -0.15) is 0 Å². The second-order valence-corrected chi connectivity index (χ2v) is 9.86. The Morgan fingerprint density at radius 3 is 2.03 bits per heavy atom. The predicted molar refractivity (Wildman–Crippen MR) is 139 cm³/mol. The molecule has 0 saturated carbocycles. The maximum Gasteiger partial charge on any atom is 0.0804 e. The van der Waals surface area contributed by atoms with Gasteiger partial charge in [-0.1, -0.05) is 78.9 Å². The van der Waals surface area contributed by atoms with E-state index in [1.807, 2.05) is 0 Å². The number of hydrogen-bond acceptors (Lipinski definition) is 4. The first-order chi connectivity index (χ1) is 16.3. The number of piperazine rings is 1. The molecular weight excluding hydrogens is 424 g/mol. The molecule has 170 valence electrons. The summed E-state index contributed by atoms with van der Waals surface area (Å²) in [5.74, 6) is 0. The summed E-state index contributed by atoms with van der Waals surface area (Å²) < 4.78 is 1.26. The van der Waals surface area contributed by atoms with E-state index in [0.717, 1.165) is 51.1 Å². The van der Waals surface area contributed by atoms with Crippen LogP contribution in [0.2, 0.25) is 0 Å². The van der Waals surface area contributed by atoms with Gasteiger partial charge in [0.25, 0.3) is 0 Å². The van der Waals surface area contributed by atoms with Gasteiger partial charge in [-0.15, -0.1) is 11.3 Å². The molecule has 0 spiro atoms. The summed E-state index contributed by atoms with van der Waals surface area (Å²) >= 11 is 1.73. The van der Waals surface area contributed by atoms with Crippen LogP contribution in [0.25, 0.3) is 10.1 Å². The average Bonchev–Trinajstić information content (AvgIpc) is 3.31. The standard InChI is InChI=1S/C29H32N2OS/c32-27(26-22-33-28-16-8-7-14-25(26)28)15-9-17-30-18-20-31(21-19-30)29(23-10-3-1-4-11-23)24-12-5-2-6-13-24/h1-8,10-14,16,22,27,29,32H,9,15,17-21H2. The Hall–Kier alpha value is -2.50. The van der Waals surface area contributed by atoms with E-state index < -0.39 is 0 Å². The van der Waals surface area contributed by atoms with Crippen molar-refractivity contribution in [2.75, 3.05) is 32.7 Å². The fourth-order valence-corrected chi connectivity index (χ4v) is 6.06. The number of rotatable bonds is 8. The molecule has 0 bridgehead atoms. The summed E-state index contributed by atoms with van der Waals surface area (Å²) in [7, 11) is 0. The Kier molecular flexibility index (Phi) is 7.18. The minimum Gasteiger partial charge on any atom is -0.388 e. The van der Waals surface area contributed by atoms with E-state index in [1.165, 1.54) is 21.2 Å². The Balaban J connectivity index is 1.16. The van der Waals surface area contributed by atoms with Crippen molar-refractivity contribution < 1.29 is 5.11 Å². The molecule has 4 aromatic rings. The normalized spacial score (nSPS) is 16.4. The van der Waals surface area contributed by atoms with Crippen molar-refractivity contribution in [3.05, 3.63) is 107 Å². The molecule has 5 rings (SSSR count). The Bertz CT molecular complexity index is 1100. The van der Waals surface area contributed by atoms with Gasteiger partial charge in [0.1, 0.15) is 0 Å². The van der Waals surface area contributed by atoms with E-state index in [-0.39, 0.29) is 6.10 Å². The van der Waals surface area contributed by atoms with E-state index >= 15 is 0 Å². The molecule has 1 saturated heterocycles. The van der Waals surface area contributed by atoms with Crippen molar-refractivity contribution in [3.8, 4) is 0 Å². The second-order valence-electron chi connectivity index (χ2n) is 8.95. The zero-order chi connectivity index (χ0) is 22.5. The van der Waals surface area contributed by atoms with Gasteiger partial charge >= 0.3 is 0 Å². The molecule has 2 heterocycles. The summed E-state index contributed by atoms with van der Waals surface area (Å²) in [6.45, 7) is 5.33. The van der Waals surface area contributed by atoms with Crippen molar-refractivity contribution in [1.29, 1.82) is 0 Å². The van der Waals surface area contributed by atoms with Crippen LogP contribution in [0.4, 0.5) is 0 Å². The topological polar surface area (TPSA) is 26.7 Å². The van der Waals surface area contributed by atoms with Crippen molar-refractivity contribution in [2.45, 2.75) is 25.0 Å². The smallest absolute Gasteiger partial charge is 0.0804 e. The van der Waals surface area contributed by atoms with Crippen LogP contribution >= 0.6 is 11.3 Å². The van der Waals surface area contributed by atoms with Crippen molar-refractivity contribution >= 4 is 21.4 Å². The number of thiophene rings is 1. The van der Waals surface area contributed by atoms with Crippen molar-refractivity contribution in [2.24, 2.45) is 0 Å². The quantitative estimate of drug-likeness (QED) is 0.346. The summed E-state index contributed by atoms with van der Waals surface area (Å²) in [6.07, 6.45) is 1.46. The molecule has 4 heteroatoms. The summed E-state index contributed by atoms with van der Waals surface area (Å²) in [6, 6.07) is 30.4. The van der Waals surface area contributed by atoms with Crippen LogP contribution in [0, 0.1) is 0 Å². The van der Waals surface area contributed by atoms with E-state index in [1.54, 1.807) is 11.3 Å². The molecule has 0 amide bonds. The predicted octanol–water partition coefficient (Wildman–Crippen LogP) is 6.12. The molecule has 1 atom stereocenters. The minimum absolute atomic E-state index is 0.309. The minimum atomic E-state index is -0.372. The average molecular weight is 457 g/mol. The van der Waals surface area contributed by atoms with Gasteiger partial charge in [-0.3, -0.25) is 4.90 Å². The third kappa shape index (κ3) is 5.20. The number of aliphatic hydroxyl groups is 1. The van der Waals surface area contributed by atoms with Crippen molar-refractivity contribution in [3.63, 3.8) is 0 Å². The van der Waals surface area contributed by atoms with Crippen LogP contribution in [0.3, 0.4) is 0 Å². The molecule has 1 N–H and O–H groups in total. The third-order valence-corrected chi connectivity index (χ3v) is 7.81. The number of aliphatic hydroxyl groups excluding tert-OH is 1. The zero-order valence-corrected chi connectivity index (χ0v) is 19.8. The molecule has 0 radical (unpaired) electrons. The van der Waals surface area contributed by atoms with Crippen LogP contribution < -0.4 is 0 Å². The highest BCUT2D eigenvalue weighted by molar-refractivity contribution is 7.17. The largest absolute Gasteiger partial charge is 0.388 e. The maximum absolute atomic E-state index is 10.8. The van der Waals surface area contributed by atoms with Gasteiger partial charge in [0.05, 0.1) is 12.1 Å².